The number of hydrogen-bond acceptors (Lipinski definition) is 11. The molecule has 14 nitrogen and oxygen atoms in total. The van der Waals surface area contributed by atoms with Gasteiger partial charge in [-0.1, -0.05) is 54.6 Å². The predicted octanol–water partition coefficient (Wildman–Crippen LogP) is 6.38. The zero-order valence-electron chi connectivity index (χ0n) is 35.1. The van der Waals surface area contributed by atoms with E-state index in [0.29, 0.717) is 28.2 Å². The summed E-state index contributed by atoms with van der Waals surface area (Å²) >= 11 is 0. The molecule has 5 rings (SSSR count). The Kier molecular flexibility index (Phi) is 14.9. The van der Waals surface area contributed by atoms with Crippen molar-refractivity contribution in [3.05, 3.63) is 128 Å². The third kappa shape index (κ3) is 10.2. The Morgan fingerprint density at radius 1 is 0.984 bits per heavy atom. The lowest BCUT2D eigenvalue weighted by Gasteiger charge is -2.42. The van der Waals surface area contributed by atoms with Gasteiger partial charge in [-0.25, -0.2) is 9.69 Å². The van der Waals surface area contributed by atoms with Gasteiger partial charge in [-0.2, -0.15) is 23.0 Å². The fourth-order valence-electron chi connectivity index (χ4n) is 7.81. The highest BCUT2D eigenvalue weighted by atomic mass is 31.2. The number of carbonyl (C=O) groups excluding carboxylic acids is 1. The normalized spacial score (nSPS) is 19.2. The quantitative estimate of drug-likeness (QED) is 0.0747. The van der Waals surface area contributed by atoms with Crippen molar-refractivity contribution in [3.8, 4) is 17.6 Å². The first-order chi connectivity index (χ1) is 28.8. The summed E-state index contributed by atoms with van der Waals surface area (Å²) < 4.78 is 76.4. The van der Waals surface area contributed by atoms with Crippen LogP contribution in [0.5, 0.6) is 11.5 Å². The summed E-state index contributed by atoms with van der Waals surface area (Å²) in [5.74, 6) is -1.22. The van der Waals surface area contributed by atoms with Crippen molar-refractivity contribution >= 4 is 13.8 Å². The molecule has 18 heteroatoms. The molecule has 0 spiro atoms. The molecule has 4 aromatic rings. The maximum Gasteiger partial charge on any atom is 0.471 e. The Balaban J connectivity index is 1.79. The van der Waals surface area contributed by atoms with E-state index in [4.69, 9.17) is 23.5 Å². The number of nitrogens with zero attached hydrogens (tertiary/aromatic N) is 3. The van der Waals surface area contributed by atoms with Gasteiger partial charge in [0.1, 0.15) is 41.2 Å². The minimum absolute atomic E-state index is 0.130. The van der Waals surface area contributed by atoms with Crippen LogP contribution in [0.1, 0.15) is 69.0 Å². The highest BCUT2D eigenvalue weighted by molar-refractivity contribution is 7.63. The van der Waals surface area contributed by atoms with Crippen LogP contribution in [0.25, 0.3) is 0 Å². The number of methoxy groups -OCH3 is 2. The van der Waals surface area contributed by atoms with Gasteiger partial charge in [-0.15, -0.1) is 4.67 Å². The van der Waals surface area contributed by atoms with Crippen molar-refractivity contribution in [1.29, 1.82) is 5.26 Å². The van der Waals surface area contributed by atoms with Crippen LogP contribution in [0.2, 0.25) is 0 Å². The average molecular weight is 871 g/mol. The number of carbonyl (C=O) groups is 1. The lowest BCUT2D eigenvalue weighted by atomic mass is 9.79. The van der Waals surface area contributed by atoms with E-state index in [9.17, 15) is 37.7 Å². The van der Waals surface area contributed by atoms with Gasteiger partial charge in [0.2, 0.25) is 0 Å². The molecule has 1 amide bonds. The van der Waals surface area contributed by atoms with Gasteiger partial charge < -0.3 is 24.3 Å². The van der Waals surface area contributed by atoms with Crippen molar-refractivity contribution in [2.24, 2.45) is 0 Å². The summed E-state index contributed by atoms with van der Waals surface area (Å²) in [7, 11) is -0.823. The van der Waals surface area contributed by atoms with Crippen LogP contribution in [0.3, 0.4) is 0 Å². The molecule has 0 saturated carbocycles. The highest BCUT2D eigenvalue weighted by Crippen LogP contribution is 2.64. The molecule has 0 radical (unpaired) electrons. The second-order valence-corrected chi connectivity index (χ2v) is 17.7. The Labute approximate surface area is 352 Å². The zero-order valence-corrected chi connectivity index (χ0v) is 36.0. The van der Waals surface area contributed by atoms with E-state index in [-0.39, 0.29) is 36.7 Å². The molecule has 0 aliphatic carbocycles. The molecule has 1 aliphatic rings. The lowest BCUT2D eigenvalue weighted by molar-refractivity contribution is -0.180. The SMILES string of the molecule is COc1ccc(C(OC[C@@]2(CNC(=O)C(F)(F)F)O[C@@H](n3cc(C)c(=O)[nH]c3=O)C[C@@H]2O[P+](O)(CCC#N)N(C(C)C)C(C)C)(c2ccccc2)c2ccc(OC)cc2)cc1. The van der Waals surface area contributed by atoms with Crippen LogP contribution in [0.4, 0.5) is 13.2 Å². The molecular formula is C43H52F3N5O9P+. The van der Waals surface area contributed by atoms with Gasteiger partial charge in [0, 0.05) is 30.3 Å². The monoisotopic (exact) mass is 870 g/mol. The Bertz CT molecular complexity index is 2210. The minimum atomic E-state index is -5.31. The van der Waals surface area contributed by atoms with E-state index < -0.39 is 67.9 Å². The number of aromatic nitrogens is 2. The van der Waals surface area contributed by atoms with Gasteiger partial charge >= 0.3 is 25.6 Å². The van der Waals surface area contributed by atoms with Crippen molar-refractivity contribution in [2.45, 2.75) is 89.3 Å². The summed E-state index contributed by atoms with van der Waals surface area (Å²) in [6.07, 6.45) is -7.38. The van der Waals surface area contributed by atoms with Crippen molar-refractivity contribution in [3.63, 3.8) is 0 Å². The van der Waals surface area contributed by atoms with E-state index >= 15 is 0 Å². The van der Waals surface area contributed by atoms with E-state index in [0.717, 1.165) is 4.57 Å². The number of H-pyrrole nitrogens is 1. The Hall–Kier alpha value is -5.08. The number of nitrogens with one attached hydrogen (secondary N) is 2. The smallest absolute Gasteiger partial charge is 0.471 e. The summed E-state index contributed by atoms with van der Waals surface area (Å²) in [4.78, 5) is 53.5. The highest BCUT2D eigenvalue weighted by Gasteiger charge is 2.61. The number of halogens is 3. The van der Waals surface area contributed by atoms with Crippen LogP contribution in [0.15, 0.2) is 94.6 Å². The number of aromatic amines is 1. The van der Waals surface area contributed by atoms with E-state index in [1.807, 2.05) is 51.2 Å². The van der Waals surface area contributed by atoms with E-state index in [2.05, 4.69) is 11.1 Å². The largest absolute Gasteiger partial charge is 0.497 e. The maximum absolute atomic E-state index is 14.0. The van der Waals surface area contributed by atoms with Crippen LogP contribution in [-0.2, 0) is 24.4 Å². The standard InChI is InChI=1S/C43H51F3N5O9P/c1-28(2)51(29(3)4)61(55,23-11-22-47)60-36-24-37(50-25-30(5)38(52)49-40(50)54)59-41(36,26-48-39(53)43(44,45)46)27-58-42(31-12-9-8-10-13-31,32-14-18-34(56-6)19-15-32)33-16-20-35(57-7)21-17-33/h8-10,12-21,25,28-29,36-37,55H,11,23-24,26-27H2,1-7H3,(H-,48,49,52,53,54)/p+1/t36-,37+,41+,61?/m0/s1. The molecule has 2 heterocycles. The van der Waals surface area contributed by atoms with E-state index in [1.54, 1.807) is 65.3 Å². The predicted molar refractivity (Wildman–Crippen MR) is 222 cm³/mol. The number of rotatable bonds is 18. The fourth-order valence-corrected chi connectivity index (χ4v) is 10.8. The molecule has 1 saturated heterocycles. The summed E-state index contributed by atoms with van der Waals surface area (Å²) in [5, 5.41) is 11.7. The molecule has 328 valence electrons. The van der Waals surface area contributed by atoms with Gasteiger partial charge in [-0.3, -0.25) is 19.1 Å². The Morgan fingerprint density at radius 2 is 1.52 bits per heavy atom. The molecule has 1 aromatic heterocycles. The van der Waals surface area contributed by atoms with Crippen molar-refractivity contribution < 1.29 is 46.3 Å². The minimum Gasteiger partial charge on any atom is -0.497 e. The first-order valence-electron chi connectivity index (χ1n) is 19.6. The number of hydrogen-bond donors (Lipinski definition) is 3. The number of amides is 1. The molecule has 61 heavy (non-hydrogen) atoms. The van der Waals surface area contributed by atoms with Gasteiger partial charge in [0.05, 0.1) is 39.9 Å². The molecule has 3 aromatic carbocycles. The molecular weight excluding hydrogens is 818 g/mol. The van der Waals surface area contributed by atoms with Gasteiger partial charge in [-0.05, 0) is 75.6 Å². The van der Waals surface area contributed by atoms with Crippen LogP contribution >= 0.6 is 7.87 Å². The number of ether oxygens (including phenoxy) is 4. The first-order valence-corrected chi connectivity index (χ1v) is 21.4. The summed E-state index contributed by atoms with van der Waals surface area (Å²) in [5.41, 5.74) is -3.38. The molecule has 3 N–H and O–H groups in total. The topological polar surface area (TPSA) is 177 Å². The molecule has 4 atom stereocenters. The molecule has 1 unspecified atom stereocenters. The lowest BCUT2D eigenvalue weighted by Crippen LogP contribution is -2.57. The van der Waals surface area contributed by atoms with Crippen LogP contribution in [-0.4, -0.2) is 88.5 Å². The molecule has 0 bridgehead atoms. The van der Waals surface area contributed by atoms with Gasteiger partial charge in [0.25, 0.3) is 5.56 Å². The fraction of sp³-hybridized carbons (Fsp3) is 0.442. The molecule has 1 aliphatic heterocycles. The average Bonchev–Trinajstić information content (AvgIpc) is 3.57. The van der Waals surface area contributed by atoms with Crippen LogP contribution < -0.4 is 26.0 Å². The van der Waals surface area contributed by atoms with Crippen molar-refractivity contribution in [1.82, 2.24) is 19.5 Å². The second-order valence-electron chi connectivity index (χ2n) is 15.3. The third-order valence-electron chi connectivity index (χ3n) is 10.6. The third-order valence-corrected chi connectivity index (χ3v) is 13.6. The zero-order chi connectivity index (χ0) is 44.8. The summed E-state index contributed by atoms with van der Waals surface area (Å²) in [6.45, 7) is 7.26. The maximum atomic E-state index is 14.0. The number of nitriles is 1. The van der Waals surface area contributed by atoms with Gasteiger partial charge in [0.15, 0.2) is 0 Å². The summed E-state index contributed by atoms with van der Waals surface area (Å²) in [6, 6.07) is 24.4. The first kappa shape index (κ1) is 47.0. The Morgan fingerprint density at radius 3 is 2.02 bits per heavy atom. The number of alkyl halides is 3. The van der Waals surface area contributed by atoms with E-state index in [1.165, 1.54) is 27.3 Å². The van der Waals surface area contributed by atoms with Crippen molar-refractivity contribution in [2.75, 3.05) is 33.5 Å². The molecule has 1 fully saturated rings. The van der Waals surface area contributed by atoms with Crippen LogP contribution in [0, 0.1) is 18.3 Å². The number of benzene rings is 3. The number of aryl methyl sites for hydroxylation is 1. The second kappa shape index (κ2) is 19.3.